The quantitative estimate of drug-likeness (QED) is 0.607. The molecule has 0 bridgehead atoms. The summed E-state index contributed by atoms with van der Waals surface area (Å²) in [7, 11) is 1.59. The highest BCUT2D eigenvalue weighted by Crippen LogP contribution is 2.15. The number of rotatable bonds is 8. The van der Waals surface area contributed by atoms with Crippen molar-refractivity contribution in [3.05, 3.63) is 18.6 Å². The smallest absolute Gasteiger partial charge is 0.239 e. The molecule has 0 aliphatic rings. The van der Waals surface area contributed by atoms with Gasteiger partial charge in [0.05, 0.1) is 19.3 Å². The van der Waals surface area contributed by atoms with E-state index in [-0.39, 0.29) is 12.5 Å². The van der Waals surface area contributed by atoms with Gasteiger partial charge in [0.25, 0.3) is 0 Å². The number of carbonyl (C=O) groups excluding carboxylic acids is 1. The molecule has 0 spiro atoms. The highest BCUT2D eigenvalue weighted by Gasteiger charge is 2.08. The highest BCUT2D eigenvalue weighted by atomic mass is 16.5. The third kappa shape index (κ3) is 4.06. The van der Waals surface area contributed by atoms with Gasteiger partial charge in [-0.15, -0.1) is 0 Å². The number of fused-ring (bicyclic) bond motifs is 1. The van der Waals surface area contributed by atoms with Crippen LogP contribution in [0.3, 0.4) is 0 Å². The van der Waals surface area contributed by atoms with Crippen LogP contribution in [0.4, 0.5) is 11.6 Å². The monoisotopic (exact) mass is 292 g/mol. The van der Waals surface area contributed by atoms with E-state index < -0.39 is 0 Å². The Bertz CT molecular complexity index is 597. The molecule has 2 rings (SSSR count). The highest BCUT2D eigenvalue weighted by molar-refractivity contribution is 5.81. The van der Waals surface area contributed by atoms with Crippen molar-refractivity contribution < 1.29 is 9.53 Å². The third-order valence-electron chi connectivity index (χ3n) is 2.78. The minimum atomic E-state index is -0.118. The van der Waals surface area contributed by atoms with Crippen LogP contribution < -0.4 is 16.0 Å². The van der Waals surface area contributed by atoms with Crippen molar-refractivity contribution in [3.63, 3.8) is 0 Å². The van der Waals surface area contributed by atoms with Gasteiger partial charge in [0.1, 0.15) is 5.82 Å². The molecule has 0 aliphatic heterocycles. The average molecular weight is 292 g/mol. The first-order valence-corrected chi connectivity index (χ1v) is 6.81. The topological polar surface area (TPSA) is 92.6 Å². The van der Waals surface area contributed by atoms with Gasteiger partial charge in [-0.25, -0.2) is 9.97 Å². The Morgan fingerprint density at radius 3 is 3.05 bits per heavy atom. The Labute approximate surface area is 122 Å². The molecule has 0 unspecified atom stereocenters. The summed E-state index contributed by atoms with van der Waals surface area (Å²) in [5.41, 5.74) is 0.682. The number of methoxy groups -OCH3 is 1. The summed E-state index contributed by atoms with van der Waals surface area (Å²) in [4.78, 5) is 20.3. The number of nitrogens with one attached hydrogen (secondary N) is 3. The fraction of sp³-hybridized carbons (Fsp3) is 0.462. The fourth-order valence-electron chi connectivity index (χ4n) is 1.84. The molecule has 0 aromatic carbocycles. The van der Waals surface area contributed by atoms with Gasteiger partial charge in [0.15, 0.2) is 11.5 Å². The molecule has 2 aromatic heterocycles. The summed E-state index contributed by atoms with van der Waals surface area (Å²) in [6.07, 6.45) is 5.38. The van der Waals surface area contributed by atoms with Crippen molar-refractivity contribution in [1.29, 1.82) is 0 Å². The van der Waals surface area contributed by atoms with Gasteiger partial charge in [-0.1, -0.05) is 0 Å². The van der Waals surface area contributed by atoms with Crippen molar-refractivity contribution >= 4 is 23.2 Å². The van der Waals surface area contributed by atoms with Crippen LogP contribution >= 0.6 is 0 Å². The molecule has 0 radical (unpaired) electrons. The summed E-state index contributed by atoms with van der Waals surface area (Å²) in [6, 6.07) is 0. The standard InChI is InChI=1S/C13H20N6O2/c1-3-14-10-9-19-6-4-16-13(19)12(18-10)17-8-11(20)15-5-7-21-2/h4,6,9,14H,3,5,7-8H2,1-2H3,(H,15,20)(H,17,18). The Morgan fingerprint density at radius 1 is 1.43 bits per heavy atom. The summed E-state index contributed by atoms with van der Waals surface area (Å²) in [5, 5.41) is 8.89. The van der Waals surface area contributed by atoms with Crippen LogP contribution in [0.15, 0.2) is 18.6 Å². The van der Waals surface area contributed by atoms with Gasteiger partial charge in [0.2, 0.25) is 5.91 Å². The zero-order valence-corrected chi connectivity index (χ0v) is 12.2. The molecule has 0 atom stereocenters. The number of imidazole rings is 1. The van der Waals surface area contributed by atoms with Crippen molar-refractivity contribution in [2.75, 3.05) is 44.0 Å². The van der Waals surface area contributed by atoms with E-state index in [1.54, 1.807) is 13.3 Å². The zero-order chi connectivity index (χ0) is 15.1. The maximum atomic E-state index is 11.7. The van der Waals surface area contributed by atoms with Gasteiger partial charge < -0.3 is 25.1 Å². The number of hydrogen-bond acceptors (Lipinski definition) is 6. The summed E-state index contributed by atoms with van der Waals surface area (Å²) < 4.78 is 6.73. The van der Waals surface area contributed by atoms with E-state index in [0.29, 0.717) is 24.6 Å². The predicted molar refractivity (Wildman–Crippen MR) is 80.5 cm³/mol. The second-order valence-corrected chi connectivity index (χ2v) is 4.36. The van der Waals surface area contributed by atoms with E-state index in [1.165, 1.54) is 0 Å². The lowest BCUT2D eigenvalue weighted by Crippen LogP contribution is -2.32. The van der Waals surface area contributed by atoms with E-state index in [0.717, 1.165) is 12.4 Å². The Morgan fingerprint density at radius 2 is 2.29 bits per heavy atom. The Kier molecular flexibility index (Phi) is 5.33. The van der Waals surface area contributed by atoms with E-state index in [2.05, 4.69) is 25.9 Å². The predicted octanol–water partition coefficient (Wildman–Crippen LogP) is 0.336. The van der Waals surface area contributed by atoms with Crippen molar-refractivity contribution in [1.82, 2.24) is 19.7 Å². The minimum absolute atomic E-state index is 0.118. The van der Waals surface area contributed by atoms with Crippen LogP contribution in [-0.4, -0.2) is 53.6 Å². The van der Waals surface area contributed by atoms with Crippen LogP contribution in [-0.2, 0) is 9.53 Å². The van der Waals surface area contributed by atoms with E-state index >= 15 is 0 Å². The van der Waals surface area contributed by atoms with Gasteiger partial charge in [-0.05, 0) is 6.92 Å². The molecule has 8 heteroatoms. The van der Waals surface area contributed by atoms with E-state index in [1.807, 2.05) is 23.7 Å². The number of nitrogens with zero attached hydrogens (tertiary/aromatic N) is 3. The number of ether oxygens (including phenoxy) is 1. The lowest BCUT2D eigenvalue weighted by Gasteiger charge is -2.10. The number of aromatic nitrogens is 3. The maximum absolute atomic E-state index is 11.7. The molecule has 3 N–H and O–H groups in total. The van der Waals surface area contributed by atoms with Crippen LogP contribution in [0.1, 0.15) is 6.92 Å². The molecule has 0 saturated heterocycles. The SMILES string of the molecule is CCNc1cn2ccnc2c(NCC(=O)NCCOC)n1. The second kappa shape index (κ2) is 7.44. The largest absolute Gasteiger partial charge is 0.383 e. The third-order valence-corrected chi connectivity index (χ3v) is 2.78. The molecule has 0 saturated carbocycles. The molecule has 21 heavy (non-hydrogen) atoms. The molecule has 2 aromatic rings. The summed E-state index contributed by atoms with van der Waals surface area (Å²) >= 11 is 0. The Balaban J connectivity index is 2.03. The normalized spacial score (nSPS) is 10.6. The number of anilines is 2. The Hall–Kier alpha value is -2.35. The molecule has 114 valence electrons. The van der Waals surface area contributed by atoms with Crippen molar-refractivity contribution in [3.8, 4) is 0 Å². The first-order valence-electron chi connectivity index (χ1n) is 6.81. The molecule has 0 fully saturated rings. The molecular weight excluding hydrogens is 272 g/mol. The molecule has 8 nitrogen and oxygen atoms in total. The number of amides is 1. The molecular formula is C13H20N6O2. The minimum Gasteiger partial charge on any atom is -0.383 e. The molecule has 1 amide bonds. The maximum Gasteiger partial charge on any atom is 0.239 e. The molecule has 0 aliphatic carbocycles. The van der Waals surface area contributed by atoms with Crippen LogP contribution in [0.5, 0.6) is 0 Å². The fourth-order valence-corrected chi connectivity index (χ4v) is 1.84. The lowest BCUT2D eigenvalue weighted by atomic mass is 10.5. The zero-order valence-electron chi connectivity index (χ0n) is 12.2. The van der Waals surface area contributed by atoms with Crippen molar-refractivity contribution in [2.24, 2.45) is 0 Å². The van der Waals surface area contributed by atoms with Crippen LogP contribution in [0.25, 0.3) is 5.65 Å². The van der Waals surface area contributed by atoms with Gasteiger partial charge in [0, 0.05) is 32.6 Å². The first-order chi connectivity index (χ1) is 10.2. The van der Waals surface area contributed by atoms with Gasteiger partial charge >= 0.3 is 0 Å². The number of carbonyl (C=O) groups is 1. The number of hydrogen-bond donors (Lipinski definition) is 3. The van der Waals surface area contributed by atoms with Crippen molar-refractivity contribution in [2.45, 2.75) is 6.92 Å². The van der Waals surface area contributed by atoms with E-state index in [9.17, 15) is 4.79 Å². The van der Waals surface area contributed by atoms with E-state index in [4.69, 9.17) is 4.74 Å². The van der Waals surface area contributed by atoms with Gasteiger partial charge in [-0.2, -0.15) is 0 Å². The summed E-state index contributed by atoms with van der Waals surface area (Å²) in [5.74, 6) is 1.18. The summed E-state index contributed by atoms with van der Waals surface area (Å²) in [6.45, 7) is 3.88. The molecule has 2 heterocycles. The first kappa shape index (κ1) is 15.0. The van der Waals surface area contributed by atoms with Crippen LogP contribution in [0.2, 0.25) is 0 Å². The van der Waals surface area contributed by atoms with Crippen LogP contribution in [0, 0.1) is 0 Å². The average Bonchev–Trinajstić information content (AvgIpc) is 2.94. The lowest BCUT2D eigenvalue weighted by molar-refractivity contribution is -0.119. The second-order valence-electron chi connectivity index (χ2n) is 4.36. The van der Waals surface area contributed by atoms with Gasteiger partial charge in [-0.3, -0.25) is 4.79 Å².